The molecule has 0 bridgehead atoms. The summed E-state index contributed by atoms with van der Waals surface area (Å²) in [6, 6.07) is 0. The number of hydrogen-bond donors (Lipinski definition) is 1. The zero-order chi connectivity index (χ0) is 13.0. The van der Waals surface area contributed by atoms with Crippen molar-refractivity contribution in [3.05, 3.63) is 0 Å². The average molecular weight is 247 g/mol. The lowest BCUT2D eigenvalue weighted by molar-refractivity contribution is -0.0343. The molecule has 0 atom stereocenters. The van der Waals surface area contributed by atoms with Crippen LogP contribution in [0, 0.1) is 0 Å². The van der Waals surface area contributed by atoms with E-state index in [0.29, 0.717) is 13.2 Å². The molecule has 0 saturated carbocycles. The minimum atomic E-state index is -0.0686. The Morgan fingerprint density at radius 2 is 1.65 bits per heavy atom. The highest BCUT2D eigenvalue weighted by Gasteiger charge is 2.08. The van der Waals surface area contributed by atoms with E-state index >= 15 is 0 Å². The third-order valence-electron chi connectivity index (χ3n) is 2.03. The normalized spacial score (nSPS) is 12.0. The average Bonchev–Trinajstić information content (AvgIpc) is 2.24. The van der Waals surface area contributed by atoms with Gasteiger partial charge in [-0.1, -0.05) is 0 Å². The molecule has 0 amide bonds. The van der Waals surface area contributed by atoms with Gasteiger partial charge in [0.05, 0.1) is 25.4 Å². The first-order chi connectivity index (χ1) is 8.06. The van der Waals surface area contributed by atoms with Crippen molar-refractivity contribution in [1.29, 1.82) is 0 Å². The summed E-state index contributed by atoms with van der Waals surface area (Å²) in [4.78, 5) is 0. The molecule has 0 radical (unpaired) electrons. The lowest BCUT2D eigenvalue weighted by Gasteiger charge is -2.19. The summed E-state index contributed by atoms with van der Waals surface area (Å²) in [5, 5.41) is 3.31. The molecule has 104 valence electrons. The van der Waals surface area contributed by atoms with Gasteiger partial charge in [-0.25, -0.2) is 0 Å². The number of rotatable bonds is 11. The quantitative estimate of drug-likeness (QED) is 0.566. The van der Waals surface area contributed by atoms with Gasteiger partial charge >= 0.3 is 0 Å². The molecule has 0 rings (SSSR count). The van der Waals surface area contributed by atoms with Crippen molar-refractivity contribution >= 4 is 0 Å². The number of ether oxygens (including phenoxy) is 3. The Balaban J connectivity index is 2.99. The molecule has 0 fully saturated rings. The van der Waals surface area contributed by atoms with Crippen LogP contribution in [0.3, 0.4) is 0 Å². The summed E-state index contributed by atoms with van der Waals surface area (Å²) in [5.74, 6) is 0. The van der Waals surface area contributed by atoms with Crippen LogP contribution < -0.4 is 5.32 Å². The maximum Gasteiger partial charge on any atom is 0.0707 e. The Bertz CT molecular complexity index is 157. The van der Waals surface area contributed by atoms with Crippen molar-refractivity contribution in [3.63, 3.8) is 0 Å². The molecule has 0 unspecified atom stereocenters. The maximum atomic E-state index is 5.54. The van der Waals surface area contributed by atoms with Crippen molar-refractivity contribution in [2.24, 2.45) is 0 Å². The van der Waals surface area contributed by atoms with E-state index in [0.717, 1.165) is 39.3 Å². The molecule has 17 heavy (non-hydrogen) atoms. The van der Waals surface area contributed by atoms with E-state index in [1.54, 1.807) is 0 Å². The number of nitrogens with one attached hydrogen (secondary N) is 1. The smallest absolute Gasteiger partial charge is 0.0707 e. The Morgan fingerprint density at radius 3 is 2.29 bits per heavy atom. The highest BCUT2D eigenvalue weighted by atomic mass is 16.5. The van der Waals surface area contributed by atoms with E-state index < -0.39 is 0 Å². The van der Waals surface area contributed by atoms with Crippen LogP contribution in [0.2, 0.25) is 0 Å². The molecule has 4 heteroatoms. The second-order valence-corrected chi connectivity index (χ2v) is 4.87. The first-order valence-electron chi connectivity index (χ1n) is 6.56. The van der Waals surface area contributed by atoms with E-state index in [4.69, 9.17) is 14.2 Å². The van der Waals surface area contributed by atoms with Crippen LogP contribution in [-0.2, 0) is 14.2 Å². The van der Waals surface area contributed by atoms with Crippen LogP contribution in [0.25, 0.3) is 0 Å². The third kappa shape index (κ3) is 15.8. The van der Waals surface area contributed by atoms with Crippen molar-refractivity contribution in [2.45, 2.75) is 39.7 Å². The van der Waals surface area contributed by atoms with Gasteiger partial charge in [0.2, 0.25) is 0 Å². The monoisotopic (exact) mass is 247 g/mol. The third-order valence-corrected chi connectivity index (χ3v) is 2.03. The van der Waals surface area contributed by atoms with Crippen LogP contribution in [0.5, 0.6) is 0 Å². The van der Waals surface area contributed by atoms with Gasteiger partial charge in [-0.3, -0.25) is 0 Å². The second kappa shape index (κ2) is 11.0. The van der Waals surface area contributed by atoms with E-state index in [-0.39, 0.29) is 5.60 Å². The van der Waals surface area contributed by atoms with E-state index in [1.165, 1.54) is 0 Å². The topological polar surface area (TPSA) is 39.7 Å². The minimum Gasteiger partial charge on any atom is -0.382 e. The Morgan fingerprint density at radius 1 is 0.882 bits per heavy atom. The zero-order valence-corrected chi connectivity index (χ0v) is 11.9. The summed E-state index contributed by atoms with van der Waals surface area (Å²) in [6.45, 7) is 13.7. The fraction of sp³-hybridized carbons (Fsp3) is 1.00. The molecule has 0 aliphatic rings. The molecule has 0 heterocycles. The number of hydrogen-bond acceptors (Lipinski definition) is 4. The molecule has 0 aromatic rings. The maximum absolute atomic E-state index is 5.54. The fourth-order valence-electron chi connectivity index (χ4n) is 1.22. The lowest BCUT2D eigenvalue weighted by Crippen LogP contribution is -2.24. The van der Waals surface area contributed by atoms with Gasteiger partial charge in [0, 0.05) is 19.8 Å². The van der Waals surface area contributed by atoms with Crippen LogP contribution in [0.4, 0.5) is 0 Å². The van der Waals surface area contributed by atoms with Crippen molar-refractivity contribution in [3.8, 4) is 0 Å². The largest absolute Gasteiger partial charge is 0.382 e. The van der Waals surface area contributed by atoms with Gasteiger partial charge in [-0.05, 0) is 40.7 Å². The predicted molar refractivity (Wildman–Crippen MR) is 70.5 cm³/mol. The van der Waals surface area contributed by atoms with Gasteiger partial charge in [0.1, 0.15) is 0 Å². The van der Waals surface area contributed by atoms with E-state index in [2.05, 4.69) is 5.32 Å². The van der Waals surface area contributed by atoms with Gasteiger partial charge in [0.15, 0.2) is 0 Å². The van der Waals surface area contributed by atoms with Gasteiger partial charge in [0.25, 0.3) is 0 Å². The first kappa shape index (κ1) is 16.8. The molecule has 0 aliphatic heterocycles. The molecule has 4 nitrogen and oxygen atoms in total. The Kier molecular flexibility index (Phi) is 10.9. The summed E-state index contributed by atoms with van der Waals surface area (Å²) < 4.78 is 16.2. The lowest BCUT2D eigenvalue weighted by atomic mass is 10.2. The van der Waals surface area contributed by atoms with Crippen LogP contribution in [0.15, 0.2) is 0 Å². The standard InChI is InChI=1S/C13H29NO3/c1-5-15-9-6-7-14-8-10-16-11-12-17-13(2,3)4/h14H,5-12H2,1-4H3. The van der Waals surface area contributed by atoms with E-state index in [9.17, 15) is 0 Å². The van der Waals surface area contributed by atoms with Crippen LogP contribution >= 0.6 is 0 Å². The van der Waals surface area contributed by atoms with Crippen LogP contribution in [0.1, 0.15) is 34.1 Å². The fourth-order valence-corrected chi connectivity index (χ4v) is 1.22. The molecule has 0 saturated heterocycles. The highest BCUT2D eigenvalue weighted by Crippen LogP contribution is 2.05. The zero-order valence-electron chi connectivity index (χ0n) is 11.9. The predicted octanol–water partition coefficient (Wildman–Crippen LogP) is 1.83. The van der Waals surface area contributed by atoms with Crippen molar-refractivity contribution in [1.82, 2.24) is 5.32 Å². The SMILES string of the molecule is CCOCCCNCCOCCOC(C)(C)C. The van der Waals surface area contributed by atoms with Gasteiger partial charge in [-0.2, -0.15) is 0 Å². The van der Waals surface area contributed by atoms with Crippen LogP contribution in [-0.4, -0.2) is 51.7 Å². The molecule has 0 aromatic carbocycles. The van der Waals surface area contributed by atoms with Gasteiger partial charge in [-0.15, -0.1) is 0 Å². The minimum absolute atomic E-state index is 0.0686. The first-order valence-corrected chi connectivity index (χ1v) is 6.56. The van der Waals surface area contributed by atoms with Gasteiger partial charge < -0.3 is 19.5 Å². The molecule has 0 spiro atoms. The van der Waals surface area contributed by atoms with Crippen molar-refractivity contribution < 1.29 is 14.2 Å². The second-order valence-electron chi connectivity index (χ2n) is 4.87. The molecule has 1 N–H and O–H groups in total. The highest BCUT2D eigenvalue weighted by molar-refractivity contribution is 4.57. The molecular weight excluding hydrogens is 218 g/mol. The Hall–Kier alpha value is -0.160. The summed E-state index contributed by atoms with van der Waals surface area (Å²) in [5.41, 5.74) is -0.0686. The van der Waals surface area contributed by atoms with Crippen molar-refractivity contribution in [2.75, 3.05) is 46.1 Å². The summed E-state index contributed by atoms with van der Waals surface area (Å²) in [7, 11) is 0. The summed E-state index contributed by atoms with van der Waals surface area (Å²) in [6.07, 6.45) is 1.06. The Labute approximate surface area is 106 Å². The van der Waals surface area contributed by atoms with E-state index in [1.807, 2.05) is 27.7 Å². The molecule has 0 aliphatic carbocycles. The molecular formula is C13H29NO3. The molecule has 0 aromatic heterocycles. The summed E-state index contributed by atoms with van der Waals surface area (Å²) >= 11 is 0.